The number of likely N-dealkylation sites (tertiary alicyclic amines) is 1. The third kappa shape index (κ3) is 3.16. The maximum absolute atomic E-state index is 12.7. The van der Waals surface area contributed by atoms with Crippen LogP contribution in [-0.2, 0) is 0 Å². The van der Waals surface area contributed by atoms with Gasteiger partial charge in [-0.1, -0.05) is 0 Å². The van der Waals surface area contributed by atoms with E-state index in [2.05, 4.69) is 15.4 Å². The second-order valence-corrected chi connectivity index (χ2v) is 6.64. The first kappa shape index (κ1) is 15.9. The fourth-order valence-corrected chi connectivity index (χ4v) is 3.54. The zero-order chi connectivity index (χ0) is 17.2. The molecule has 0 radical (unpaired) electrons. The summed E-state index contributed by atoms with van der Waals surface area (Å²) in [5, 5.41) is 10.6. The second kappa shape index (κ2) is 6.70. The number of amides is 3. The summed E-state index contributed by atoms with van der Waals surface area (Å²) < 4.78 is 0. The van der Waals surface area contributed by atoms with Crippen LogP contribution in [0, 0.1) is 0 Å². The number of nitrogens with zero attached hydrogens (tertiary/aromatic N) is 5. The summed E-state index contributed by atoms with van der Waals surface area (Å²) >= 11 is 0. The molecule has 3 heterocycles. The van der Waals surface area contributed by atoms with Crippen molar-refractivity contribution in [2.45, 2.75) is 19.3 Å². The molecule has 0 unspecified atom stereocenters. The lowest BCUT2D eigenvalue weighted by Crippen LogP contribution is -2.54. The van der Waals surface area contributed by atoms with E-state index in [9.17, 15) is 9.59 Å². The number of fused-ring (bicyclic) bond motifs is 1. The van der Waals surface area contributed by atoms with Crippen LogP contribution >= 0.6 is 0 Å². The van der Waals surface area contributed by atoms with Crippen molar-refractivity contribution >= 4 is 23.0 Å². The molecule has 0 saturated carbocycles. The van der Waals surface area contributed by atoms with Crippen LogP contribution in [0.1, 0.15) is 29.6 Å². The highest BCUT2D eigenvalue weighted by Gasteiger charge is 2.28. The summed E-state index contributed by atoms with van der Waals surface area (Å²) in [5.41, 5.74) is 2.04. The number of aromatic amines is 1. The summed E-state index contributed by atoms with van der Waals surface area (Å²) in [6.07, 6.45) is 3.39. The number of piperazine rings is 1. The van der Waals surface area contributed by atoms with E-state index in [1.165, 1.54) is 6.42 Å². The van der Waals surface area contributed by atoms with Crippen molar-refractivity contribution in [2.75, 3.05) is 39.3 Å². The summed E-state index contributed by atoms with van der Waals surface area (Å²) in [6, 6.07) is 5.45. The van der Waals surface area contributed by atoms with E-state index in [4.69, 9.17) is 0 Å². The number of nitrogens with one attached hydrogen (secondary N) is 1. The topological polar surface area (TPSA) is 85.4 Å². The molecule has 1 aromatic heterocycles. The molecule has 2 aliphatic rings. The molecule has 0 atom stereocenters. The molecule has 0 aliphatic carbocycles. The van der Waals surface area contributed by atoms with E-state index < -0.39 is 0 Å². The van der Waals surface area contributed by atoms with Crippen LogP contribution in [0.25, 0.3) is 11.0 Å². The minimum Gasteiger partial charge on any atom is -0.335 e. The lowest BCUT2D eigenvalue weighted by molar-refractivity contribution is 0.0633. The molecule has 3 amide bonds. The predicted molar refractivity (Wildman–Crippen MR) is 92.2 cm³/mol. The highest BCUT2D eigenvalue weighted by molar-refractivity contribution is 5.97. The van der Waals surface area contributed by atoms with Crippen molar-refractivity contribution in [3.8, 4) is 0 Å². The third-order valence-electron chi connectivity index (χ3n) is 5.03. The SMILES string of the molecule is O=C(c1ccc2n[nH]nc2c1)N1CCN(C(=O)N2CCCCC2)CC1. The van der Waals surface area contributed by atoms with E-state index >= 15 is 0 Å². The molecule has 1 N–H and O–H groups in total. The average Bonchev–Trinajstić information content (AvgIpc) is 3.15. The predicted octanol–water partition coefficient (Wildman–Crippen LogP) is 1.32. The Balaban J connectivity index is 1.37. The first-order valence-corrected chi connectivity index (χ1v) is 8.86. The molecule has 2 saturated heterocycles. The molecule has 1 aromatic carbocycles. The molecule has 132 valence electrons. The van der Waals surface area contributed by atoms with Gasteiger partial charge in [-0.2, -0.15) is 15.4 Å². The van der Waals surface area contributed by atoms with Gasteiger partial charge in [0.1, 0.15) is 11.0 Å². The van der Waals surface area contributed by atoms with Gasteiger partial charge in [0.25, 0.3) is 5.91 Å². The van der Waals surface area contributed by atoms with Crippen molar-refractivity contribution in [3.63, 3.8) is 0 Å². The summed E-state index contributed by atoms with van der Waals surface area (Å²) in [4.78, 5) is 30.9. The summed E-state index contributed by atoms with van der Waals surface area (Å²) in [5.74, 6) is -0.0185. The molecule has 2 aromatic rings. The standard InChI is InChI=1S/C17H22N6O2/c24-16(13-4-5-14-15(12-13)19-20-18-14)21-8-10-23(11-9-21)17(25)22-6-2-1-3-7-22/h4-5,12H,1-3,6-11H2,(H,18,19,20). The van der Waals surface area contributed by atoms with Crippen molar-refractivity contribution in [2.24, 2.45) is 0 Å². The number of hydrogen-bond donors (Lipinski definition) is 1. The van der Waals surface area contributed by atoms with Gasteiger partial charge >= 0.3 is 6.03 Å². The van der Waals surface area contributed by atoms with E-state index in [-0.39, 0.29) is 11.9 Å². The van der Waals surface area contributed by atoms with Crippen molar-refractivity contribution < 1.29 is 9.59 Å². The number of benzene rings is 1. The zero-order valence-electron chi connectivity index (χ0n) is 14.1. The zero-order valence-corrected chi connectivity index (χ0v) is 14.1. The van der Waals surface area contributed by atoms with Gasteiger partial charge in [0, 0.05) is 44.8 Å². The highest BCUT2D eigenvalue weighted by atomic mass is 16.2. The number of carbonyl (C=O) groups is 2. The largest absolute Gasteiger partial charge is 0.335 e. The third-order valence-corrected chi connectivity index (χ3v) is 5.03. The normalized spacial score (nSPS) is 18.6. The quantitative estimate of drug-likeness (QED) is 0.847. The molecule has 4 rings (SSSR count). The van der Waals surface area contributed by atoms with Gasteiger partial charge in [0.05, 0.1) is 0 Å². The number of rotatable bonds is 1. The molecule has 25 heavy (non-hydrogen) atoms. The first-order valence-electron chi connectivity index (χ1n) is 8.86. The maximum Gasteiger partial charge on any atom is 0.320 e. The number of urea groups is 1. The molecule has 8 heteroatoms. The lowest BCUT2D eigenvalue weighted by Gasteiger charge is -2.38. The van der Waals surface area contributed by atoms with Crippen LogP contribution in [0.5, 0.6) is 0 Å². The van der Waals surface area contributed by atoms with E-state index in [0.29, 0.717) is 37.3 Å². The fourth-order valence-electron chi connectivity index (χ4n) is 3.54. The molecule has 2 aliphatic heterocycles. The second-order valence-electron chi connectivity index (χ2n) is 6.64. The Morgan fingerprint density at radius 2 is 1.44 bits per heavy atom. The minimum atomic E-state index is -0.0185. The van der Waals surface area contributed by atoms with Gasteiger partial charge in [-0.05, 0) is 37.5 Å². The monoisotopic (exact) mass is 342 g/mol. The van der Waals surface area contributed by atoms with E-state index in [1.54, 1.807) is 23.1 Å². The molecular formula is C17H22N6O2. The Morgan fingerprint density at radius 1 is 0.800 bits per heavy atom. The number of H-pyrrole nitrogens is 1. The van der Waals surface area contributed by atoms with Crippen molar-refractivity contribution in [3.05, 3.63) is 23.8 Å². The van der Waals surface area contributed by atoms with Crippen LogP contribution in [-0.4, -0.2) is 81.3 Å². The number of carbonyl (C=O) groups excluding carboxylic acids is 2. The van der Waals surface area contributed by atoms with Crippen molar-refractivity contribution in [1.29, 1.82) is 0 Å². The first-order chi connectivity index (χ1) is 12.2. The Bertz CT molecular complexity index is 774. The molecule has 2 fully saturated rings. The highest BCUT2D eigenvalue weighted by Crippen LogP contribution is 2.16. The van der Waals surface area contributed by atoms with E-state index in [0.717, 1.165) is 31.4 Å². The van der Waals surface area contributed by atoms with Crippen molar-refractivity contribution in [1.82, 2.24) is 30.1 Å². The summed E-state index contributed by atoms with van der Waals surface area (Å²) in [6.45, 7) is 4.02. The molecular weight excluding hydrogens is 320 g/mol. The Kier molecular flexibility index (Phi) is 4.25. The van der Waals surface area contributed by atoms with Gasteiger partial charge in [0.2, 0.25) is 0 Å². The average molecular weight is 342 g/mol. The van der Waals surface area contributed by atoms with Gasteiger partial charge < -0.3 is 14.7 Å². The maximum atomic E-state index is 12.7. The summed E-state index contributed by atoms with van der Waals surface area (Å²) in [7, 11) is 0. The van der Waals surface area contributed by atoms with Gasteiger partial charge in [0.15, 0.2) is 0 Å². The number of aromatic nitrogens is 3. The van der Waals surface area contributed by atoms with E-state index in [1.807, 2.05) is 9.80 Å². The fraction of sp³-hybridized carbons (Fsp3) is 0.529. The Labute approximate surface area is 145 Å². The minimum absolute atomic E-state index is 0.0185. The Hall–Kier alpha value is -2.64. The van der Waals surface area contributed by atoms with Crippen LogP contribution < -0.4 is 0 Å². The van der Waals surface area contributed by atoms with Gasteiger partial charge in [-0.15, -0.1) is 0 Å². The lowest BCUT2D eigenvalue weighted by atomic mass is 10.1. The van der Waals surface area contributed by atoms with Crippen LogP contribution in [0.2, 0.25) is 0 Å². The molecule has 8 nitrogen and oxygen atoms in total. The number of piperidine rings is 1. The van der Waals surface area contributed by atoms with Gasteiger partial charge in [-0.3, -0.25) is 4.79 Å². The molecule has 0 spiro atoms. The smallest absolute Gasteiger partial charge is 0.320 e. The number of hydrogen-bond acceptors (Lipinski definition) is 4. The molecule has 0 bridgehead atoms. The van der Waals surface area contributed by atoms with Crippen LogP contribution in [0.15, 0.2) is 18.2 Å². The van der Waals surface area contributed by atoms with Crippen LogP contribution in [0.3, 0.4) is 0 Å². The van der Waals surface area contributed by atoms with Crippen LogP contribution in [0.4, 0.5) is 4.79 Å². The Morgan fingerprint density at radius 3 is 2.20 bits per heavy atom. The van der Waals surface area contributed by atoms with Gasteiger partial charge in [-0.25, -0.2) is 4.79 Å².